The van der Waals surface area contributed by atoms with Crippen LogP contribution in [0.4, 0.5) is 23.1 Å². The molecular weight excluding hydrogens is 434 g/mol. The molecule has 170 valence electrons. The molecule has 2 aromatic carbocycles. The van der Waals surface area contributed by atoms with E-state index in [1.165, 1.54) is 36.1 Å². The molecule has 7 heteroatoms. The smallest absolute Gasteiger partial charge is 0.229 e. The third-order valence-corrected chi connectivity index (χ3v) is 7.42. The van der Waals surface area contributed by atoms with Crippen molar-refractivity contribution in [3.8, 4) is 5.75 Å². The molecule has 1 aliphatic carbocycles. The highest BCUT2D eigenvalue weighted by atomic mass is 35.5. The van der Waals surface area contributed by atoms with Gasteiger partial charge in [0.15, 0.2) is 5.82 Å². The highest BCUT2D eigenvalue weighted by molar-refractivity contribution is 6.33. The Morgan fingerprint density at radius 3 is 2.88 bits per heavy atom. The van der Waals surface area contributed by atoms with Crippen LogP contribution in [-0.2, 0) is 19.4 Å². The number of aromatic nitrogens is 2. The lowest BCUT2D eigenvalue weighted by Crippen LogP contribution is -2.33. The molecule has 0 saturated heterocycles. The maximum atomic E-state index is 6.56. The average Bonchev–Trinajstić information content (AvgIpc) is 3.23. The van der Waals surface area contributed by atoms with E-state index in [9.17, 15) is 0 Å². The summed E-state index contributed by atoms with van der Waals surface area (Å²) >= 11 is 6.56. The third-order valence-electron chi connectivity index (χ3n) is 7.15. The predicted molar refractivity (Wildman–Crippen MR) is 132 cm³/mol. The first-order chi connectivity index (χ1) is 16.1. The molecule has 0 saturated carbocycles. The average molecular weight is 462 g/mol. The first kappa shape index (κ1) is 20.8. The minimum atomic E-state index is 0.550. The Morgan fingerprint density at radius 1 is 1.12 bits per heavy atom. The van der Waals surface area contributed by atoms with Crippen molar-refractivity contribution in [2.75, 3.05) is 37.5 Å². The summed E-state index contributed by atoms with van der Waals surface area (Å²) in [5.41, 5.74) is 7.92. The van der Waals surface area contributed by atoms with Gasteiger partial charge in [0.2, 0.25) is 5.95 Å². The van der Waals surface area contributed by atoms with Crippen LogP contribution in [0.5, 0.6) is 5.75 Å². The third kappa shape index (κ3) is 3.71. The lowest BCUT2D eigenvalue weighted by Gasteiger charge is -2.37. The second-order valence-electron chi connectivity index (χ2n) is 9.38. The van der Waals surface area contributed by atoms with E-state index in [2.05, 4.69) is 51.4 Å². The van der Waals surface area contributed by atoms with Crippen molar-refractivity contribution in [3.63, 3.8) is 0 Å². The molecule has 1 unspecified atom stereocenters. The number of halogens is 1. The van der Waals surface area contributed by atoms with Gasteiger partial charge >= 0.3 is 0 Å². The fourth-order valence-corrected chi connectivity index (χ4v) is 5.97. The molecule has 3 heterocycles. The van der Waals surface area contributed by atoms with Crippen molar-refractivity contribution in [2.45, 2.75) is 38.1 Å². The molecule has 33 heavy (non-hydrogen) atoms. The second-order valence-corrected chi connectivity index (χ2v) is 9.79. The van der Waals surface area contributed by atoms with Gasteiger partial charge in [-0.1, -0.05) is 11.6 Å². The van der Waals surface area contributed by atoms with E-state index < -0.39 is 0 Å². The van der Waals surface area contributed by atoms with Crippen LogP contribution in [0, 0.1) is 0 Å². The highest BCUT2D eigenvalue weighted by Crippen LogP contribution is 2.41. The number of methoxy groups -OCH3 is 1. The van der Waals surface area contributed by atoms with Crippen molar-refractivity contribution in [1.29, 1.82) is 0 Å². The van der Waals surface area contributed by atoms with Crippen LogP contribution in [-0.4, -0.2) is 42.1 Å². The fourth-order valence-electron chi connectivity index (χ4n) is 5.77. The lowest BCUT2D eigenvalue weighted by atomic mass is 9.77. The van der Waals surface area contributed by atoms with Gasteiger partial charge in [0.25, 0.3) is 0 Å². The van der Waals surface area contributed by atoms with E-state index in [0.717, 1.165) is 48.9 Å². The Hall–Kier alpha value is -2.83. The SMILES string of the molecule is COc1ccc2c(c1)CCN2c1nc(Nc2cc3c4c(c2)CN(C)CC4CCC3)ncc1Cl. The number of benzene rings is 2. The van der Waals surface area contributed by atoms with Gasteiger partial charge in [-0.25, -0.2) is 4.98 Å². The summed E-state index contributed by atoms with van der Waals surface area (Å²) in [5.74, 6) is 2.84. The minimum Gasteiger partial charge on any atom is -0.497 e. The Labute approximate surface area is 199 Å². The Morgan fingerprint density at radius 2 is 2.00 bits per heavy atom. The second kappa shape index (κ2) is 8.19. The van der Waals surface area contributed by atoms with Crippen LogP contribution in [0.3, 0.4) is 0 Å². The number of likely N-dealkylation sites (N-methyl/N-ethyl adjacent to an activating group) is 1. The zero-order valence-corrected chi connectivity index (χ0v) is 19.8. The van der Waals surface area contributed by atoms with Gasteiger partial charge in [-0.2, -0.15) is 4.98 Å². The number of aryl methyl sites for hydroxylation is 1. The van der Waals surface area contributed by atoms with E-state index in [1.54, 1.807) is 18.9 Å². The van der Waals surface area contributed by atoms with Crippen LogP contribution < -0.4 is 15.0 Å². The van der Waals surface area contributed by atoms with E-state index in [1.807, 2.05) is 6.07 Å². The Kier molecular flexibility index (Phi) is 5.15. The van der Waals surface area contributed by atoms with Crippen molar-refractivity contribution < 1.29 is 4.74 Å². The zero-order valence-electron chi connectivity index (χ0n) is 19.1. The van der Waals surface area contributed by atoms with Gasteiger partial charge in [0.1, 0.15) is 10.8 Å². The van der Waals surface area contributed by atoms with Gasteiger partial charge < -0.3 is 19.9 Å². The number of nitrogens with one attached hydrogen (secondary N) is 1. The topological polar surface area (TPSA) is 53.5 Å². The predicted octanol–water partition coefficient (Wildman–Crippen LogP) is 5.44. The molecule has 6 nitrogen and oxygen atoms in total. The number of anilines is 4. The normalized spacial score (nSPS) is 19.2. The van der Waals surface area contributed by atoms with Crippen molar-refractivity contribution in [2.24, 2.45) is 0 Å². The summed E-state index contributed by atoms with van der Waals surface area (Å²) in [5, 5.41) is 4.02. The van der Waals surface area contributed by atoms with Crippen LogP contribution >= 0.6 is 11.6 Å². The quantitative estimate of drug-likeness (QED) is 0.558. The molecule has 0 fully saturated rings. The molecule has 2 aliphatic heterocycles. The standard InChI is InChI=1S/C26H28ClN5O/c1-31-14-18-5-3-4-17-10-20(11-19(15-31)24(17)18)29-26-28-13-22(27)25(30-26)32-9-8-16-12-21(33-2)6-7-23(16)32/h6-7,10-13,18H,3-5,8-9,14-15H2,1-2H3,(H,28,29,30). The summed E-state index contributed by atoms with van der Waals surface area (Å²) < 4.78 is 5.38. The van der Waals surface area contributed by atoms with Gasteiger partial charge in [-0.15, -0.1) is 0 Å². The fraction of sp³-hybridized carbons (Fsp3) is 0.385. The van der Waals surface area contributed by atoms with E-state index in [0.29, 0.717) is 16.9 Å². The summed E-state index contributed by atoms with van der Waals surface area (Å²) in [6.07, 6.45) is 6.33. The molecule has 0 bridgehead atoms. The molecule has 3 aliphatic rings. The van der Waals surface area contributed by atoms with Crippen molar-refractivity contribution in [3.05, 3.63) is 63.8 Å². The van der Waals surface area contributed by atoms with Crippen molar-refractivity contribution >= 4 is 34.7 Å². The monoisotopic (exact) mass is 461 g/mol. The molecule has 6 rings (SSSR count). The number of nitrogens with zero attached hydrogens (tertiary/aromatic N) is 4. The molecule has 1 aromatic heterocycles. The number of fused-ring (bicyclic) bond motifs is 1. The summed E-state index contributed by atoms with van der Waals surface area (Å²) in [4.78, 5) is 13.9. The Bertz CT molecular complexity index is 1230. The van der Waals surface area contributed by atoms with Crippen LogP contribution in [0.1, 0.15) is 41.0 Å². The van der Waals surface area contributed by atoms with E-state index in [-0.39, 0.29) is 0 Å². The molecule has 0 radical (unpaired) electrons. The first-order valence-electron chi connectivity index (χ1n) is 11.7. The zero-order chi connectivity index (χ0) is 22.5. The largest absolute Gasteiger partial charge is 0.497 e. The van der Waals surface area contributed by atoms with Crippen LogP contribution in [0.15, 0.2) is 36.5 Å². The lowest BCUT2D eigenvalue weighted by molar-refractivity contribution is 0.266. The summed E-state index contributed by atoms with van der Waals surface area (Å²) in [6.45, 7) is 2.99. The number of ether oxygens (including phenoxy) is 1. The highest BCUT2D eigenvalue weighted by Gasteiger charge is 2.29. The van der Waals surface area contributed by atoms with Gasteiger partial charge in [-0.05, 0) is 91.2 Å². The maximum absolute atomic E-state index is 6.56. The van der Waals surface area contributed by atoms with Gasteiger partial charge in [-0.3, -0.25) is 0 Å². The molecular formula is C26H28ClN5O. The number of hydrogen-bond donors (Lipinski definition) is 1. The maximum Gasteiger partial charge on any atom is 0.229 e. The first-order valence-corrected chi connectivity index (χ1v) is 12.0. The Balaban J connectivity index is 1.32. The van der Waals surface area contributed by atoms with Gasteiger partial charge in [0, 0.05) is 31.0 Å². The van der Waals surface area contributed by atoms with Crippen molar-refractivity contribution in [1.82, 2.24) is 14.9 Å². The molecule has 0 amide bonds. The van der Waals surface area contributed by atoms with E-state index in [4.69, 9.17) is 21.3 Å². The molecule has 3 aromatic rings. The molecule has 0 spiro atoms. The molecule has 1 atom stereocenters. The molecule has 1 N–H and O–H groups in total. The van der Waals surface area contributed by atoms with Gasteiger partial charge in [0.05, 0.1) is 13.3 Å². The van der Waals surface area contributed by atoms with Crippen LogP contribution in [0.25, 0.3) is 0 Å². The summed E-state index contributed by atoms with van der Waals surface area (Å²) in [6, 6.07) is 10.7. The minimum absolute atomic E-state index is 0.550. The van der Waals surface area contributed by atoms with E-state index >= 15 is 0 Å². The number of rotatable bonds is 4. The summed E-state index contributed by atoms with van der Waals surface area (Å²) in [7, 11) is 3.91. The van der Waals surface area contributed by atoms with Crippen LogP contribution in [0.2, 0.25) is 5.02 Å². The number of hydrogen-bond acceptors (Lipinski definition) is 6.